The van der Waals surface area contributed by atoms with Gasteiger partial charge in [0.05, 0.1) is 12.2 Å². The summed E-state index contributed by atoms with van der Waals surface area (Å²) in [5, 5.41) is 0. The molecule has 0 amide bonds. The van der Waals surface area contributed by atoms with Crippen LogP contribution in [0.3, 0.4) is 0 Å². The fourth-order valence-corrected chi connectivity index (χ4v) is 2.55. The molecule has 1 fully saturated rings. The van der Waals surface area contributed by atoms with Gasteiger partial charge in [0.15, 0.2) is 0 Å². The van der Waals surface area contributed by atoms with Crippen LogP contribution in [0.25, 0.3) is 0 Å². The second-order valence-corrected chi connectivity index (χ2v) is 5.44. The molecule has 0 unspecified atom stereocenters. The van der Waals surface area contributed by atoms with Crippen molar-refractivity contribution in [3.8, 4) is 0 Å². The van der Waals surface area contributed by atoms with Crippen LogP contribution in [0, 0.1) is 0 Å². The van der Waals surface area contributed by atoms with Crippen molar-refractivity contribution in [1.82, 2.24) is 0 Å². The van der Waals surface area contributed by atoms with Gasteiger partial charge in [-0.1, -0.05) is 60.7 Å². The first kappa shape index (κ1) is 12.4. The number of aryl methyl sites for hydroxylation is 2. The van der Waals surface area contributed by atoms with Crippen molar-refractivity contribution in [1.29, 1.82) is 0 Å². The average Bonchev–Trinajstić information content (AvgIpc) is 3.26. The Labute approximate surface area is 115 Å². The van der Waals surface area contributed by atoms with Crippen LogP contribution in [0.2, 0.25) is 0 Å². The Morgan fingerprint density at radius 2 is 1.16 bits per heavy atom. The highest BCUT2D eigenvalue weighted by Crippen LogP contribution is 2.36. The molecule has 2 aromatic carbocycles. The van der Waals surface area contributed by atoms with E-state index in [1.165, 1.54) is 11.1 Å². The quantitative estimate of drug-likeness (QED) is 0.707. The zero-order valence-corrected chi connectivity index (χ0v) is 11.2. The van der Waals surface area contributed by atoms with E-state index in [9.17, 15) is 0 Å². The predicted octanol–water partition coefficient (Wildman–Crippen LogP) is 4.02. The molecular weight excluding hydrogens is 232 g/mol. The lowest BCUT2D eigenvalue weighted by Gasteiger charge is -2.11. The molecule has 0 N–H and O–H groups in total. The molecule has 1 aliphatic rings. The molecule has 1 heteroatoms. The molecule has 0 radical (unpaired) electrons. The fraction of sp³-hybridized carbons (Fsp3) is 0.333. The Bertz CT molecular complexity index is 454. The first-order chi connectivity index (χ1) is 9.36. The maximum atomic E-state index is 5.74. The molecule has 0 aliphatic carbocycles. The zero-order chi connectivity index (χ0) is 13.0. The third kappa shape index (κ3) is 3.45. The summed E-state index contributed by atoms with van der Waals surface area (Å²) in [5.41, 5.74) is 2.99. The van der Waals surface area contributed by atoms with Gasteiger partial charge in [-0.3, -0.25) is 0 Å². The minimum Gasteiger partial charge on any atom is -0.370 e. The molecule has 0 spiro atoms. The summed E-state index contributed by atoms with van der Waals surface area (Å²) in [6.45, 7) is 0.937. The normalized spacial score (nSPS) is 16.2. The van der Waals surface area contributed by atoms with E-state index in [2.05, 4.69) is 60.7 Å². The van der Waals surface area contributed by atoms with Gasteiger partial charge >= 0.3 is 0 Å². The van der Waals surface area contributed by atoms with E-state index in [0.717, 1.165) is 32.3 Å². The van der Waals surface area contributed by atoms with Crippen LogP contribution >= 0.6 is 0 Å². The highest BCUT2D eigenvalue weighted by atomic mass is 16.6. The van der Waals surface area contributed by atoms with Crippen LogP contribution in [0.4, 0.5) is 0 Å². The molecule has 1 saturated heterocycles. The van der Waals surface area contributed by atoms with Gasteiger partial charge in [-0.05, 0) is 36.8 Å². The van der Waals surface area contributed by atoms with E-state index < -0.39 is 0 Å². The van der Waals surface area contributed by atoms with Gasteiger partial charge in [0.1, 0.15) is 0 Å². The SMILES string of the molecule is c1ccc(CCC2(CCc3ccccc3)CO2)cc1. The maximum absolute atomic E-state index is 5.74. The molecule has 98 valence electrons. The van der Waals surface area contributed by atoms with Crippen LogP contribution < -0.4 is 0 Å². The lowest BCUT2D eigenvalue weighted by Crippen LogP contribution is -2.13. The second kappa shape index (κ2) is 5.58. The molecule has 19 heavy (non-hydrogen) atoms. The van der Waals surface area contributed by atoms with Crippen molar-refractivity contribution in [2.75, 3.05) is 6.61 Å². The number of epoxide rings is 1. The monoisotopic (exact) mass is 252 g/mol. The summed E-state index contributed by atoms with van der Waals surface area (Å²) >= 11 is 0. The van der Waals surface area contributed by atoms with Crippen molar-refractivity contribution in [2.45, 2.75) is 31.3 Å². The smallest absolute Gasteiger partial charge is 0.0922 e. The van der Waals surface area contributed by atoms with E-state index in [1.54, 1.807) is 0 Å². The average molecular weight is 252 g/mol. The lowest BCUT2D eigenvalue weighted by molar-refractivity contribution is 0.274. The van der Waals surface area contributed by atoms with E-state index in [-0.39, 0.29) is 5.60 Å². The number of benzene rings is 2. The molecule has 0 atom stereocenters. The van der Waals surface area contributed by atoms with E-state index in [1.807, 2.05) is 0 Å². The van der Waals surface area contributed by atoms with E-state index in [0.29, 0.717) is 0 Å². The van der Waals surface area contributed by atoms with Crippen LogP contribution in [0.5, 0.6) is 0 Å². The van der Waals surface area contributed by atoms with Gasteiger partial charge in [0.25, 0.3) is 0 Å². The van der Waals surface area contributed by atoms with E-state index >= 15 is 0 Å². The van der Waals surface area contributed by atoms with Gasteiger partial charge in [0, 0.05) is 0 Å². The standard InChI is InChI=1S/C18H20O/c1-3-7-16(8-4-1)11-13-18(15-19-18)14-12-17-9-5-2-6-10-17/h1-10H,11-15H2. The van der Waals surface area contributed by atoms with Gasteiger partial charge < -0.3 is 4.74 Å². The Kier molecular flexibility index (Phi) is 3.65. The second-order valence-electron chi connectivity index (χ2n) is 5.44. The number of ether oxygens (including phenoxy) is 1. The molecule has 0 bridgehead atoms. The molecule has 2 aromatic rings. The number of hydrogen-bond acceptors (Lipinski definition) is 1. The Hall–Kier alpha value is -1.60. The van der Waals surface area contributed by atoms with Crippen molar-refractivity contribution < 1.29 is 4.74 Å². The summed E-state index contributed by atoms with van der Waals surface area (Å²) in [4.78, 5) is 0. The summed E-state index contributed by atoms with van der Waals surface area (Å²) in [5.74, 6) is 0. The molecule has 1 heterocycles. The zero-order valence-electron chi connectivity index (χ0n) is 11.2. The van der Waals surface area contributed by atoms with Crippen LogP contribution in [-0.4, -0.2) is 12.2 Å². The summed E-state index contributed by atoms with van der Waals surface area (Å²) in [6.07, 6.45) is 4.53. The Morgan fingerprint density at radius 1 is 0.737 bits per heavy atom. The molecule has 1 nitrogen and oxygen atoms in total. The van der Waals surface area contributed by atoms with E-state index in [4.69, 9.17) is 4.74 Å². The maximum Gasteiger partial charge on any atom is 0.0922 e. The Balaban J connectivity index is 1.50. The lowest BCUT2D eigenvalue weighted by atomic mass is 9.94. The predicted molar refractivity (Wildman–Crippen MR) is 78.2 cm³/mol. The minimum atomic E-state index is 0.158. The topological polar surface area (TPSA) is 12.5 Å². The first-order valence-corrected chi connectivity index (χ1v) is 7.08. The summed E-state index contributed by atoms with van der Waals surface area (Å²) in [7, 11) is 0. The van der Waals surface area contributed by atoms with Crippen LogP contribution in [0.15, 0.2) is 60.7 Å². The highest BCUT2D eigenvalue weighted by molar-refractivity contribution is 5.17. The molecule has 0 saturated carbocycles. The van der Waals surface area contributed by atoms with Gasteiger partial charge in [-0.15, -0.1) is 0 Å². The molecule has 0 aromatic heterocycles. The van der Waals surface area contributed by atoms with Crippen molar-refractivity contribution in [3.63, 3.8) is 0 Å². The highest BCUT2D eigenvalue weighted by Gasteiger charge is 2.43. The summed E-state index contributed by atoms with van der Waals surface area (Å²) < 4.78 is 5.74. The third-order valence-corrected chi connectivity index (χ3v) is 3.98. The molecular formula is C18H20O. The number of rotatable bonds is 6. The fourth-order valence-electron chi connectivity index (χ4n) is 2.55. The van der Waals surface area contributed by atoms with Crippen molar-refractivity contribution in [2.24, 2.45) is 0 Å². The third-order valence-electron chi connectivity index (χ3n) is 3.98. The van der Waals surface area contributed by atoms with Crippen molar-refractivity contribution in [3.05, 3.63) is 71.8 Å². The Morgan fingerprint density at radius 3 is 1.53 bits per heavy atom. The van der Waals surface area contributed by atoms with Crippen molar-refractivity contribution >= 4 is 0 Å². The van der Waals surface area contributed by atoms with Crippen LogP contribution in [-0.2, 0) is 17.6 Å². The first-order valence-electron chi connectivity index (χ1n) is 7.08. The van der Waals surface area contributed by atoms with Crippen LogP contribution in [0.1, 0.15) is 24.0 Å². The molecule has 3 rings (SSSR count). The minimum absolute atomic E-state index is 0.158. The van der Waals surface area contributed by atoms with Gasteiger partial charge in [0.2, 0.25) is 0 Å². The van der Waals surface area contributed by atoms with Gasteiger partial charge in [-0.25, -0.2) is 0 Å². The number of hydrogen-bond donors (Lipinski definition) is 0. The summed E-state index contributed by atoms with van der Waals surface area (Å²) in [6, 6.07) is 21.4. The van der Waals surface area contributed by atoms with Gasteiger partial charge in [-0.2, -0.15) is 0 Å². The molecule has 1 aliphatic heterocycles. The largest absolute Gasteiger partial charge is 0.370 e.